The number of amides is 2. The zero-order chi connectivity index (χ0) is 17.8. The average molecular weight is 336 g/mol. The van der Waals surface area contributed by atoms with Crippen molar-refractivity contribution in [1.82, 2.24) is 5.32 Å². The van der Waals surface area contributed by atoms with Crippen molar-refractivity contribution in [2.24, 2.45) is 4.99 Å². The van der Waals surface area contributed by atoms with Crippen LogP contribution in [0.2, 0.25) is 0 Å². The molecule has 1 aromatic rings. The lowest BCUT2D eigenvalue weighted by atomic mass is 10.1. The third kappa shape index (κ3) is 3.94. The van der Waals surface area contributed by atoms with Crippen LogP contribution in [0.4, 0.5) is 0 Å². The maximum atomic E-state index is 12.1. The summed E-state index contributed by atoms with van der Waals surface area (Å²) in [6.45, 7) is 3.99. The maximum absolute atomic E-state index is 12.1. The number of carbonyl (C=O) groups is 2. The summed E-state index contributed by atoms with van der Waals surface area (Å²) in [5.41, 5.74) is 1.97. The van der Waals surface area contributed by atoms with Gasteiger partial charge in [-0.25, -0.2) is 4.99 Å². The van der Waals surface area contributed by atoms with Crippen molar-refractivity contribution < 1.29 is 14.3 Å². The van der Waals surface area contributed by atoms with Gasteiger partial charge in [0.15, 0.2) is 11.9 Å². The van der Waals surface area contributed by atoms with Crippen molar-refractivity contribution in [2.45, 2.75) is 32.4 Å². The molecule has 5 nitrogen and oxygen atoms in total. The van der Waals surface area contributed by atoms with Gasteiger partial charge in [0.25, 0.3) is 5.91 Å². The fourth-order valence-corrected chi connectivity index (χ4v) is 2.46. The number of nitrogens with one attached hydrogen (secondary N) is 1. The zero-order valence-corrected chi connectivity index (χ0v) is 14.2. The Kier molecular flexibility index (Phi) is 4.93. The monoisotopic (exact) mass is 336 g/mol. The van der Waals surface area contributed by atoms with Crippen molar-refractivity contribution >= 4 is 23.6 Å². The van der Waals surface area contributed by atoms with E-state index < -0.39 is 5.91 Å². The van der Waals surface area contributed by atoms with E-state index in [4.69, 9.17) is 4.74 Å². The van der Waals surface area contributed by atoms with E-state index >= 15 is 0 Å². The molecular weight excluding hydrogens is 316 g/mol. The molecule has 25 heavy (non-hydrogen) atoms. The highest BCUT2D eigenvalue weighted by Gasteiger charge is 2.26. The Morgan fingerprint density at radius 2 is 2.08 bits per heavy atom. The zero-order valence-electron chi connectivity index (χ0n) is 14.2. The molecule has 2 atom stereocenters. The molecule has 0 radical (unpaired) electrons. The third-order valence-electron chi connectivity index (χ3n) is 4.11. The number of hydrogen-bond donors (Lipinski definition) is 1. The smallest absolute Gasteiger partial charge is 0.312 e. The summed E-state index contributed by atoms with van der Waals surface area (Å²) in [6.07, 6.45) is 9.50. The minimum atomic E-state index is -0.398. The Labute approximate surface area is 146 Å². The average Bonchev–Trinajstić information content (AvgIpc) is 2.62. The van der Waals surface area contributed by atoms with Crippen LogP contribution in [0.5, 0.6) is 0 Å². The molecule has 1 aliphatic carbocycles. The highest BCUT2D eigenvalue weighted by Crippen LogP contribution is 2.20. The summed E-state index contributed by atoms with van der Waals surface area (Å²) in [7, 11) is 0. The fraction of sp³-hybridized carbons (Fsp3) is 0.250. The van der Waals surface area contributed by atoms with E-state index in [9.17, 15) is 9.59 Å². The van der Waals surface area contributed by atoms with Crippen LogP contribution in [0.25, 0.3) is 6.08 Å². The molecule has 2 unspecified atom stereocenters. The van der Waals surface area contributed by atoms with E-state index in [1.54, 1.807) is 36.4 Å². The van der Waals surface area contributed by atoms with Crippen molar-refractivity contribution in [3.8, 4) is 0 Å². The Morgan fingerprint density at radius 3 is 2.80 bits per heavy atom. The van der Waals surface area contributed by atoms with Crippen LogP contribution in [0.1, 0.15) is 36.2 Å². The lowest BCUT2D eigenvalue weighted by molar-refractivity contribution is -0.118. The molecule has 1 N–H and O–H groups in total. The van der Waals surface area contributed by atoms with Crippen molar-refractivity contribution in [3.63, 3.8) is 0 Å². The minimum Gasteiger partial charge on any atom is -0.474 e. The van der Waals surface area contributed by atoms with Crippen molar-refractivity contribution in [2.75, 3.05) is 0 Å². The van der Waals surface area contributed by atoms with Gasteiger partial charge in [-0.1, -0.05) is 31.2 Å². The molecule has 2 amide bonds. The normalized spacial score (nSPS) is 21.4. The second-order valence-electron chi connectivity index (χ2n) is 6.04. The number of carbonyl (C=O) groups excluding carboxylic acids is 2. The van der Waals surface area contributed by atoms with Crippen molar-refractivity contribution in [1.29, 1.82) is 0 Å². The number of ether oxygens (including phenoxy) is 1. The summed E-state index contributed by atoms with van der Waals surface area (Å²) in [4.78, 5) is 28.2. The maximum Gasteiger partial charge on any atom is 0.312 e. The Hall–Kier alpha value is -2.95. The first-order valence-corrected chi connectivity index (χ1v) is 8.34. The number of aliphatic imine (C=N–C) groups is 1. The van der Waals surface area contributed by atoms with E-state index in [-0.39, 0.29) is 23.8 Å². The van der Waals surface area contributed by atoms with Crippen LogP contribution in [0.15, 0.2) is 59.3 Å². The summed E-state index contributed by atoms with van der Waals surface area (Å²) in [6, 6.07) is 7.16. The summed E-state index contributed by atoms with van der Waals surface area (Å²) in [5, 5.41) is 2.92. The van der Waals surface area contributed by atoms with Gasteiger partial charge >= 0.3 is 5.91 Å². The van der Waals surface area contributed by atoms with E-state index in [0.29, 0.717) is 11.3 Å². The van der Waals surface area contributed by atoms with Gasteiger partial charge < -0.3 is 10.1 Å². The Balaban J connectivity index is 1.75. The molecule has 1 aliphatic heterocycles. The van der Waals surface area contributed by atoms with Crippen molar-refractivity contribution in [3.05, 3.63) is 65.5 Å². The van der Waals surface area contributed by atoms with Gasteiger partial charge in [-0.3, -0.25) is 9.59 Å². The van der Waals surface area contributed by atoms with Gasteiger partial charge in [-0.05, 0) is 49.3 Å². The van der Waals surface area contributed by atoms with Gasteiger partial charge in [-0.15, -0.1) is 0 Å². The molecule has 0 fully saturated rings. The molecule has 128 valence electrons. The van der Waals surface area contributed by atoms with Crippen LogP contribution in [0, 0.1) is 0 Å². The molecule has 5 heteroatoms. The van der Waals surface area contributed by atoms with Gasteiger partial charge in [0.05, 0.1) is 5.71 Å². The first-order valence-electron chi connectivity index (χ1n) is 8.34. The van der Waals surface area contributed by atoms with E-state index in [1.165, 1.54) is 0 Å². The highest BCUT2D eigenvalue weighted by molar-refractivity contribution is 6.13. The molecule has 1 aromatic carbocycles. The van der Waals surface area contributed by atoms with Crippen LogP contribution >= 0.6 is 0 Å². The summed E-state index contributed by atoms with van der Waals surface area (Å²) < 4.78 is 5.71. The Morgan fingerprint density at radius 1 is 1.32 bits per heavy atom. The number of fused-ring (bicyclic) bond motifs is 1. The molecule has 2 aliphatic rings. The van der Waals surface area contributed by atoms with Gasteiger partial charge in [0.1, 0.15) is 0 Å². The molecule has 0 saturated carbocycles. The second-order valence-corrected chi connectivity index (χ2v) is 6.04. The van der Waals surface area contributed by atoms with Crippen LogP contribution in [0.3, 0.4) is 0 Å². The fourth-order valence-electron chi connectivity index (χ4n) is 2.46. The van der Waals surface area contributed by atoms with Crippen LogP contribution in [-0.2, 0) is 9.53 Å². The predicted molar refractivity (Wildman–Crippen MR) is 97.2 cm³/mol. The summed E-state index contributed by atoms with van der Waals surface area (Å²) in [5.74, 6) is -0.304. The number of allylic oxidation sites excluding steroid dienone is 2. The molecule has 1 heterocycles. The molecular formula is C20H20N2O3. The van der Waals surface area contributed by atoms with Gasteiger partial charge in [0.2, 0.25) is 0 Å². The van der Waals surface area contributed by atoms with Crippen LogP contribution < -0.4 is 5.32 Å². The second kappa shape index (κ2) is 7.30. The number of nitrogens with zero attached hydrogens (tertiary/aromatic N) is 1. The molecule has 0 saturated heterocycles. The largest absolute Gasteiger partial charge is 0.474 e. The first kappa shape index (κ1) is 16.9. The van der Waals surface area contributed by atoms with E-state index in [0.717, 1.165) is 12.0 Å². The number of rotatable bonds is 4. The van der Waals surface area contributed by atoms with Gasteiger partial charge in [0, 0.05) is 11.6 Å². The Bertz CT molecular complexity index is 801. The number of benzene rings is 1. The quantitative estimate of drug-likeness (QED) is 0.859. The summed E-state index contributed by atoms with van der Waals surface area (Å²) >= 11 is 0. The topological polar surface area (TPSA) is 67.8 Å². The first-order chi connectivity index (χ1) is 12.1. The van der Waals surface area contributed by atoms with Crippen LogP contribution in [-0.4, -0.2) is 29.7 Å². The van der Waals surface area contributed by atoms with E-state index in [2.05, 4.69) is 10.3 Å². The van der Waals surface area contributed by atoms with Gasteiger partial charge in [-0.2, -0.15) is 0 Å². The van der Waals surface area contributed by atoms with E-state index in [1.807, 2.05) is 32.1 Å². The predicted octanol–water partition coefficient (Wildman–Crippen LogP) is 3.05. The lowest BCUT2D eigenvalue weighted by Gasteiger charge is -2.22. The molecule has 0 bridgehead atoms. The molecule has 3 rings (SSSR count). The highest BCUT2D eigenvalue weighted by atomic mass is 16.5. The third-order valence-corrected chi connectivity index (χ3v) is 4.11. The SMILES string of the molecule is CCC(C)NC(=O)c1ccc(/C=C2\OC3C=CC=CC3=NC2=O)cc1. The number of hydrogen-bond acceptors (Lipinski definition) is 3. The molecule has 0 spiro atoms. The lowest BCUT2D eigenvalue weighted by Crippen LogP contribution is -2.31. The minimum absolute atomic E-state index is 0.105. The molecule has 0 aromatic heterocycles. The standard InChI is InChI=1S/C20H20N2O3/c1-3-13(2)21-19(23)15-10-8-14(9-11-15)12-18-20(24)22-16-6-4-5-7-17(16)25-18/h4-13,17H,3H2,1-2H3,(H,21,23)/b18-12-.